The maximum Gasteiger partial charge on any atom is 0.340 e. The van der Waals surface area contributed by atoms with Gasteiger partial charge in [-0.15, -0.1) is 0 Å². The Morgan fingerprint density at radius 3 is 2.58 bits per heavy atom. The highest BCUT2D eigenvalue weighted by molar-refractivity contribution is 6.00. The number of hydrogen-bond donors (Lipinski definition) is 2. The summed E-state index contributed by atoms with van der Waals surface area (Å²) < 4.78 is 5.29. The zero-order chi connectivity index (χ0) is 17.6. The maximum atomic E-state index is 12.9. The molecule has 1 saturated carbocycles. The van der Waals surface area contributed by atoms with E-state index in [-0.39, 0.29) is 24.0 Å². The Morgan fingerprint density at radius 2 is 1.96 bits per heavy atom. The average Bonchev–Trinajstić information content (AvgIpc) is 3.13. The van der Waals surface area contributed by atoms with E-state index in [0.717, 1.165) is 19.4 Å². The molecular formula is C18H27N3O3. The highest BCUT2D eigenvalue weighted by atomic mass is 16.5. The summed E-state index contributed by atoms with van der Waals surface area (Å²) in [6.45, 7) is 8.71. The van der Waals surface area contributed by atoms with E-state index in [1.807, 2.05) is 18.7 Å². The van der Waals surface area contributed by atoms with Crippen LogP contribution in [0.1, 0.15) is 58.8 Å². The summed E-state index contributed by atoms with van der Waals surface area (Å²) in [4.78, 5) is 30.2. The minimum absolute atomic E-state index is 0.0409. The fraction of sp³-hybridized carbons (Fsp3) is 0.667. The number of aryl methyl sites for hydroxylation is 1. The summed E-state index contributed by atoms with van der Waals surface area (Å²) in [5.41, 5.74) is 8.48. The van der Waals surface area contributed by atoms with Crippen LogP contribution >= 0.6 is 0 Å². The SMILES string of the molecule is Cc1[nH]c(C(=O)N2CC3CCC(N)C3C2)c(C)c1C(=O)OC(C)C. The molecule has 1 saturated heterocycles. The van der Waals surface area contributed by atoms with Crippen LogP contribution in [0.2, 0.25) is 0 Å². The molecule has 3 rings (SSSR count). The van der Waals surface area contributed by atoms with E-state index < -0.39 is 0 Å². The first-order valence-electron chi connectivity index (χ1n) is 8.74. The van der Waals surface area contributed by atoms with Gasteiger partial charge in [-0.2, -0.15) is 0 Å². The summed E-state index contributed by atoms with van der Waals surface area (Å²) in [7, 11) is 0. The monoisotopic (exact) mass is 333 g/mol. The predicted molar refractivity (Wildman–Crippen MR) is 90.9 cm³/mol. The molecule has 0 spiro atoms. The number of aromatic nitrogens is 1. The average molecular weight is 333 g/mol. The van der Waals surface area contributed by atoms with Crippen molar-refractivity contribution in [2.24, 2.45) is 17.6 Å². The molecular weight excluding hydrogens is 306 g/mol. The topological polar surface area (TPSA) is 88.4 Å². The smallest absolute Gasteiger partial charge is 0.340 e. The van der Waals surface area contributed by atoms with E-state index in [1.54, 1.807) is 13.8 Å². The van der Waals surface area contributed by atoms with Gasteiger partial charge in [-0.25, -0.2) is 4.79 Å². The standard InChI is InChI=1S/C18H27N3O3/c1-9(2)24-18(23)15-10(3)16(20-11(15)4)17(22)21-7-12-5-6-14(19)13(12)8-21/h9,12-14,20H,5-8,19H2,1-4H3. The zero-order valence-electron chi connectivity index (χ0n) is 14.9. The summed E-state index contributed by atoms with van der Waals surface area (Å²) in [5.74, 6) is 0.512. The third-order valence-corrected chi connectivity index (χ3v) is 5.40. The number of aromatic amines is 1. The van der Waals surface area contributed by atoms with Crippen LogP contribution < -0.4 is 5.73 Å². The fourth-order valence-electron chi connectivity index (χ4n) is 4.17. The van der Waals surface area contributed by atoms with Gasteiger partial charge in [0.2, 0.25) is 0 Å². The van der Waals surface area contributed by atoms with E-state index in [2.05, 4.69) is 4.98 Å². The number of H-pyrrole nitrogens is 1. The van der Waals surface area contributed by atoms with Crippen molar-refractivity contribution < 1.29 is 14.3 Å². The van der Waals surface area contributed by atoms with Crippen LogP contribution in [-0.4, -0.2) is 47.0 Å². The van der Waals surface area contributed by atoms with E-state index in [0.29, 0.717) is 40.9 Å². The second-order valence-corrected chi connectivity index (χ2v) is 7.45. The van der Waals surface area contributed by atoms with Crippen LogP contribution in [0.5, 0.6) is 0 Å². The molecule has 1 aliphatic carbocycles. The Balaban J connectivity index is 1.80. The summed E-state index contributed by atoms with van der Waals surface area (Å²) >= 11 is 0. The molecule has 0 radical (unpaired) electrons. The van der Waals surface area contributed by atoms with Crippen molar-refractivity contribution in [1.29, 1.82) is 0 Å². The minimum Gasteiger partial charge on any atom is -0.459 e. The van der Waals surface area contributed by atoms with Crippen LogP contribution in [0.15, 0.2) is 0 Å². The van der Waals surface area contributed by atoms with Gasteiger partial charge in [-0.05, 0) is 57.9 Å². The highest BCUT2D eigenvalue weighted by Gasteiger charge is 2.43. The lowest BCUT2D eigenvalue weighted by atomic mass is 9.98. The number of carbonyl (C=O) groups excluding carboxylic acids is 2. The fourth-order valence-corrected chi connectivity index (χ4v) is 4.17. The van der Waals surface area contributed by atoms with Crippen molar-refractivity contribution in [3.05, 3.63) is 22.5 Å². The molecule has 3 N–H and O–H groups in total. The number of nitrogens with zero attached hydrogens (tertiary/aromatic N) is 1. The first-order valence-corrected chi connectivity index (χ1v) is 8.74. The number of rotatable bonds is 3. The molecule has 2 fully saturated rings. The zero-order valence-corrected chi connectivity index (χ0v) is 14.9. The van der Waals surface area contributed by atoms with Crippen LogP contribution in [0, 0.1) is 25.7 Å². The second-order valence-electron chi connectivity index (χ2n) is 7.45. The van der Waals surface area contributed by atoms with E-state index in [9.17, 15) is 9.59 Å². The molecule has 1 aliphatic heterocycles. The van der Waals surface area contributed by atoms with Crippen molar-refractivity contribution in [1.82, 2.24) is 9.88 Å². The highest BCUT2D eigenvalue weighted by Crippen LogP contribution is 2.37. The molecule has 2 heterocycles. The molecule has 1 aromatic heterocycles. The molecule has 1 amide bonds. The third-order valence-electron chi connectivity index (χ3n) is 5.40. The second kappa shape index (κ2) is 6.24. The molecule has 0 aromatic carbocycles. The van der Waals surface area contributed by atoms with Crippen molar-refractivity contribution in [2.45, 2.75) is 52.7 Å². The molecule has 3 atom stereocenters. The molecule has 2 aliphatic rings. The normalized spacial score (nSPS) is 26.1. The van der Waals surface area contributed by atoms with E-state index >= 15 is 0 Å². The number of fused-ring (bicyclic) bond motifs is 1. The molecule has 24 heavy (non-hydrogen) atoms. The van der Waals surface area contributed by atoms with E-state index in [4.69, 9.17) is 10.5 Å². The largest absolute Gasteiger partial charge is 0.459 e. The van der Waals surface area contributed by atoms with Gasteiger partial charge in [-0.1, -0.05) is 0 Å². The van der Waals surface area contributed by atoms with Gasteiger partial charge in [0, 0.05) is 24.8 Å². The summed E-state index contributed by atoms with van der Waals surface area (Å²) in [6.07, 6.45) is 1.97. The lowest BCUT2D eigenvalue weighted by Crippen LogP contribution is -2.34. The molecule has 3 unspecified atom stereocenters. The Labute approximate surface area is 142 Å². The summed E-state index contributed by atoms with van der Waals surface area (Å²) in [5, 5.41) is 0. The van der Waals surface area contributed by atoms with Crippen LogP contribution in [0.25, 0.3) is 0 Å². The predicted octanol–water partition coefficient (Wildman–Crippen LogP) is 2.01. The number of amides is 1. The van der Waals surface area contributed by atoms with Crippen LogP contribution in [-0.2, 0) is 4.74 Å². The number of nitrogens with two attached hydrogens (primary N) is 1. The Hall–Kier alpha value is -1.82. The Bertz CT molecular complexity index is 665. The van der Waals surface area contributed by atoms with Gasteiger partial charge in [0.05, 0.1) is 11.7 Å². The van der Waals surface area contributed by atoms with Gasteiger partial charge in [0.15, 0.2) is 0 Å². The van der Waals surface area contributed by atoms with Gasteiger partial charge >= 0.3 is 5.97 Å². The lowest BCUT2D eigenvalue weighted by Gasteiger charge is -2.18. The Morgan fingerprint density at radius 1 is 1.25 bits per heavy atom. The Kier molecular flexibility index (Phi) is 4.42. The number of ether oxygens (including phenoxy) is 1. The van der Waals surface area contributed by atoms with Crippen molar-refractivity contribution in [3.63, 3.8) is 0 Å². The quantitative estimate of drug-likeness (QED) is 0.828. The molecule has 6 heteroatoms. The molecule has 6 nitrogen and oxygen atoms in total. The van der Waals surface area contributed by atoms with Gasteiger partial charge < -0.3 is 20.4 Å². The lowest BCUT2D eigenvalue weighted by molar-refractivity contribution is 0.0376. The summed E-state index contributed by atoms with van der Waals surface area (Å²) in [6, 6.07) is 0.204. The van der Waals surface area contributed by atoms with Crippen LogP contribution in [0.3, 0.4) is 0 Å². The van der Waals surface area contributed by atoms with Gasteiger partial charge in [-0.3, -0.25) is 4.79 Å². The molecule has 0 bridgehead atoms. The number of esters is 1. The third kappa shape index (κ3) is 2.83. The van der Waals surface area contributed by atoms with Crippen molar-refractivity contribution in [2.75, 3.05) is 13.1 Å². The number of likely N-dealkylation sites (tertiary alicyclic amines) is 1. The van der Waals surface area contributed by atoms with Crippen LogP contribution in [0.4, 0.5) is 0 Å². The first kappa shape index (κ1) is 17.0. The van der Waals surface area contributed by atoms with E-state index in [1.165, 1.54) is 0 Å². The number of hydrogen-bond acceptors (Lipinski definition) is 4. The number of carbonyl (C=O) groups is 2. The maximum absolute atomic E-state index is 12.9. The first-order chi connectivity index (χ1) is 11.3. The van der Waals surface area contributed by atoms with Gasteiger partial charge in [0.1, 0.15) is 5.69 Å². The number of nitrogens with one attached hydrogen (secondary N) is 1. The van der Waals surface area contributed by atoms with Crippen molar-refractivity contribution in [3.8, 4) is 0 Å². The molecule has 1 aromatic rings. The molecule has 132 valence electrons. The van der Waals surface area contributed by atoms with Gasteiger partial charge in [0.25, 0.3) is 5.91 Å². The minimum atomic E-state index is -0.379. The van der Waals surface area contributed by atoms with Crippen molar-refractivity contribution >= 4 is 11.9 Å².